The van der Waals surface area contributed by atoms with Crippen molar-refractivity contribution in [1.82, 2.24) is 14.4 Å². The van der Waals surface area contributed by atoms with Crippen molar-refractivity contribution in [1.29, 1.82) is 5.26 Å². The number of hydrogen-bond acceptors (Lipinski definition) is 5. The fourth-order valence-corrected chi connectivity index (χ4v) is 2.91. The molecule has 3 heterocycles. The third-order valence-electron chi connectivity index (χ3n) is 4.35. The zero-order valence-corrected chi connectivity index (χ0v) is 13.9. The Bertz CT molecular complexity index is 1170. The number of carbonyl (C=O) groups excluding carboxylic acids is 1. The monoisotopic (exact) mass is 366 g/mol. The first-order valence-corrected chi connectivity index (χ1v) is 7.96. The number of rotatable bonds is 4. The van der Waals surface area contributed by atoms with Crippen LogP contribution in [0, 0.1) is 17.2 Å². The summed E-state index contributed by atoms with van der Waals surface area (Å²) in [4.78, 5) is 24.0. The summed E-state index contributed by atoms with van der Waals surface area (Å²) in [5.74, 6) is -4.92. The zero-order chi connectivity index (χ0) is 19.2. The van der Waals surface area contributed by atoms with Crippen LogP contribution in [0.5, 0.6) is 0 Å². The van der Waals surface area contributed by atoms with E-state index in [1.54, 1.807) is 16.5 Å². The molecule has 134 valence electrons. The Morgan fingerprint density at radius 2 is 2.22 bits per heavy atom. The predicted octanol–water partition coefficient (Wildman–Crippen LogP) is 3.02. The van der Waals surface area contributed by atoms with Crippen molar-refractivity contribution in [2.75, 3.05) is 5.32 Å². The lowest BCUT2D eigenvalue weighted by Crippen LogP contribution is -2.18. The summed E-state index contributed by atoms with van der Waals surface area (Å²) in [6.07, 6.45) is 5.66. The Balaban J connectivity index is 1.83. The number of imidazole rings is 1. The van der Waals surface area contributed by atoms with Crippen LogP contribution in [0.3, 0.4) is 0 Å². The van der Waals surface area contributed by atoms with Crippen LogP contribution in [0.4, 0.5) is 14.6 Å². The number of nitrogens with zero attached hydrogens (tertiary/aromatic N) is 5. The molecule has 1 aliphatic carbocycles. The first kappa shape index (κ1) is 16.8. The molecule has 0 spiro atoms. The van der Waals surface area contributed by atoms with Gasteiger partial charge in [0, 0.05) is 35.8 Å². The lowest BCUT2D eigenvalue weighted by Gasteiger charge is -2.09. The summed E-state index contributed by atoms with van der Waals surface area (Å²) in [5.41, 5.74) is 2.06. The van der Waals surface area contributed by atoms with Gasteiger partial charge in [-0.15, -0.1) is 0 Å². The van der Waals surface area contributed by atoms with Gasteiger partial charge in [-0.25, -0.2) is 18.7 Å². The molecule has 3 aromatic rings. The number of fused-ring (bicyclic) bond motifs is 3. The zero-order valence-electron chi connectivity index (χ0n) is 13.9. The number of amides is 1. The highest BCUT2D eigenvalue weighted by Crippen LogP contribution is 2.49. The highest BCUT2D eigenvalue weighted by atomic mass is 19.3. The summed E-state index contributed by atoms with van der Waals surface area (Å²) in [5, 5.41) is 12.5. The first-order chi connectivity index (χ1) is 12.9. The van der Waals surface area contributed by atoms with E-state index in [4.69, 9.17) is 0 Å². The maximum atomic E-state index is 13.1. The van der Waals surface area contributed by atoms with Gasteiger partial charge < -0.3 is 5.32 Å². The van der Waals surface area contributed by atoms with Gasteiger partial charge >= 0.3 is 0 Å². The predicted molar refractivity (Wildman–Crippen MR) is 95.5 cm³/mol. The number of halogens is 2. The molecule has 27 heavy (non-hydrogen) atoms. The van der Waals surface area contributed by atoms with Gasteiger partial charge in [-0.05, 0) is 18.9 Å². The lowest BCUT2D eigenvalue weighted by atomic mass is 10.1. The van der Waals surface area contributed by atoms with E-state index in [0.29, 0.717) is 22.1 Å². The number of pyridine rings is 2. The van der Waals surface area contributed by atoms with E-state index >= 15 is 0 Å². The number of carbonyl (C=O) groups is 1. The quantitative estimate of drug-likeness (QED) is 0.718. The van der Waals surface area contributed by atoms with Crippen LogP contribution in [0.25, 0.3) is 22.6 Å². The van der Waals surface area contributed by atoms with Gasteiger partial charge in [0.25, 0.3) is 5.92 Å². The lowest BCUT2D eigenvalue weighted by molar-refractivity contribution is -0.119. The van der Waals surface area contributed by atoms with Crippen molar-refractivity contribution in [3.05, 3.63) is 42.0 Å². The molecule has 4 rings (SSSR count). The highest BCUT2D eigenvalue weighted by molar-refractivity contribution is 5.96. The highest BCUT2D eigenvalue weighted by Gasteiger charge is 2.61. The summed E-state index contributed by atoms with van der Waals surface area (Å²) < 4.78 is 27.7. The number of anilines is 1. The van der Waals surface area contributed by atoms with Gasteiger partial charge in [-0.2, -0.15) is 5.26 Å². The van der Waals surface area contributed by atoms with Crippen LogP contribution in [0.1, 0.15) is 17.7 Å². The molecule has 1 saturated carbocycles. The Morgan fingerprint density at radius 3 is 2.89 bits per heavy atom. The van der Waals surface area contributed by atoms with Crippen LogP contribution < -0.4 is 5.32 Å². The van der Waals surface area contributed by atoms with Crippen LogP contribution in [-0.4, -0.2) is 32.9 Å². The van der Waals surface area contributed by atoms with Crippen molar-refractivity contribution < 1.29 is 13.6 Å². The van der Waals surface area contributed by atoms with E-state index < -0.39 is 24.2 Å². The van der Waals surface area contributed by atoms with E-state index in [9.17, 15) is 18.8 Å². The molecule has 1 fully saturated rings. The SMILES string of the molecule is C=N/C=C/c1cc2cnc(NC(=O)C3CC3(F)F)cc2n2c(C#N)cnc12. The average molecular weight is 366 g/mol. The van der Waals surface area contributed by atoms with Crippen LogP contribution in [0.15, 0.2) is 35.7 Å². The van der Waals surface area contributed by atoms with Crippen molar-refractivity contribution in [2.45, 2.75) is 12.3 Å². The van der Waals surface area contributed by atoms with E-state index in [1.807, 2.05) is 0 Å². The summed E-state index contributed by atoms with van der Waals surface area (Å²) in [6, 6.07) is 5.39. The Kier molecular flexibility index (Phi) is 3.70. The molecule has 0 radical (unpaired) electrons. The Morgan fingerprint density at radius 1 is 1.44 bits per heavy atom. The van der Waals surface area contributed by atoms with Crippen molar-refractivity contribution in [3.63, 3.8) is 0 Å². The topological polar surface area (TPSA) is 95.4 Å². The fourth-order valence-electron chi connectivity index (χ4n) is 2.91. The second-order valence-corrected chi connectivity index (χ2v) is 6.15. The van der Waals surface area contributed by atoms with Crippen LogP contribution in [-0.2, 0) is 4.79 Å². The van der Waals surface area contributed by atoms with Gasteiger partial charge in [0.1, 0.15) is 29.1 Å². The van der Waals surface area contributed by atoms with Gasteiger partial charge in [0.2, 0.25) is 5.91 Å². The number of nitriles is 1. The van der Waals surface area contributed by atoms with Crippen LogP contribution >= 0.6 is 0 Å². The number of aromatic nitrogens is 3. The van der Waals surface area contributed by atoms with E-state index in [2.05, 4.69) is 33.1 Å². The number of aliphatic imine (C=N–C) groups is 1. The molecule has 1 atom stereocenters. The van der Waals surface area contributed by atoms with Crippen molar-refractivity contribution in [3.8, 4) is 6.07 Å². The fraction of sp³-hybridized carbons (Fsp3) is 0.167. The Labute approximate surface area is 151 Å². The van der Waals surface area contributed by atoms with Gasteiger partial charge in [0.05, 0.1) is 11.7 Å². The summed E-state index contributed by atoms with van der Waals surface area (Å²) in [7, 11) is 0. The minimum atomic E-state index is -2.95. The standard InChI is InChI=1S/C18H12F2N6O/c1-22-3-2-10-4-11-8-23-15(25-17(27)13-6-18(13,19)20)5-14(11)26-12(7-21)9-24-16(10)26/h2-5,8-9,13H,1,6H2,(H,23,25,27)/b3-2+. The van der Waals surface area contributed by atoms with Gasteiger partial charge in [-0.1, -0.05) is 0 Å². The minimum absolute atomic E-state index is 0.130. The molecule has 0 aliphatic heterocycles. The van der Waals surface area contributed by atoms with Crippen molar-refractivity contribution >= 4 is 41.1 Å². The smallest absolute Gasteiger partial charge is 0.260 e. The minimum Gasteiger partial charge on any atom is -0.310 e. The molecular formula is C18H12F2N6O. The first-order valence-electron chi connectivity index (χ1n) is 7.96. The molecule has 1 N–H and O–H groups in total. The van der Waals surface area contributed by atoms with E-state index in [1.165, 1.54) is 24.7 Å². The maximum absolute atomic E-state index is 13.1. The molecule has 0 bridgehead atoms. The Hall–Kier alpha value is -3.67. The molecule has 0 saturated heterocycles. The molecule has 1 amide bonds. The number of nitrogens with one attached hydrogen (secondary N) is 1. The molecule has 1 aliphatic rings. The molecule has 1 unspecified atom stereocenters. The van der Waals surface area contributed by atoms with Gasteiger partial charge in [-0.3, -0.25) is 14.2 Å². The maximum Gasteiger partial charge on any atom is 0.260 e. The van der Waals surface area contributed by atoms with E-state index in [-0.39, 0.29) is 11.5 Å². The largest absolute Gasteiger partial charge is 0.310 e. The molecule has 9 heteroatoms. The third-order valence-corrected chi connectivity index (χ3v) is 4.35. The number of hydrogen-bond donors (Lipinski definition) is 1. The molecule has 7 nitrogen and oxygen atoms in total. The normalized spacial score (nSPS) is 17.9. The second-order valence-electron chi connectivity index (χ2n) is 6.15. The molecule has 3 aromatic heterocycles. The van der Waals surface area contributed by atoms with E-state index in [0.717, 1.165) is 0 Å². The summed E-state index contributed by atoms with van der Waals surface area (Å²) >= 11 is 0. The number of alkyl halides is 2. The molecule has 0 aromatic carbocycles. The third kappa shape index (κ3) is 2.81. The second kappa shape index (κ2) is 5.95. The average Bonchev–Trinajstić information content (AvgIpc) is 3.09. The molecular weight excluding hydrogens is 354 g/mol. The van der Waals surface area contributed by atoms with Crippen molar-refractivity contribution in [2.24, 2.45) is 10.9 Å². The van der Waals surface area contributed by atoms with Gasteiger partial charge in [0.15, 0.2) is 0 Å². The summed E-state index contributed by atoms with van der Waals surface area (Å²) in [6.45, 7) is 3.39. The van der Waals surface area contributed by atoms with Crippen LogP contribution in [0.2, 0.25) is 0 Å².